The van der Waals surface area contributed by atoms with Gasteiger partial charge in [0.1, 0.15) is 0 Å². The Kier molecular flexibility index (Phi) is 1.86. The first-order valence-electron chi connectivity index (χ1n) is 4.11. The third kappa shape index (κ3) is 1.06. The van der Waals surface area contributed by atoms with E-state index in [1.165, 1.54) is 0 Å². The SMILES string of the molecule is O=C(O)C1(Cl)Cc2ccccc2C1=O. The molecule has 1 aliphatic rings. The molecule has 1 aromatic rings. The van der Waals surface area contributed by atoms with E-state index in [1.54, 1.807) is 24.3 Å². The maximum absolute atomic E-state index is 11.6. The molecule has 4 heteroatoms. The summed E-state index contributed by atoms with van der Waals surface area (Å²) >= 11 is 5.77. The second-order valence-electron chi connectivity index (χ2n) is 3.27. The molecule has 0 amide bonds. The van der Waals surface area contributed by atoms with Crippen molar-refractivity contribution in [3.8, 4) is 0 Å². The van der Waals surface area contributed by atoms with Crippen LogP contribution in [0.1, 0.15) is 15.9 Å². The summed E-state index contributed by atoms with van der Waals surface area (Å²) in [6.07, 6.45) is 0.0683. The molecular weight excluding hydrogens is 204 g/mol. The van der Waals surface area contributed by atoms with E-state index in [1.807, 2.05) is 0 Å². The van der Waals surface area contributed by atoms with Crippen molar-refractivity contribution < 1.29 is 14.7 Å². The Bertz CT molecular complexity index is 427. The summed E-state index contributed by atoms with van der Waals surface area (Å²) in [6.45, 7) is 0. The molecular formula is C10H7ClO3. The van der Waals surface area contributed by atoms with E-state index in [0.29, 0.717) is 11.1 Å². The Morgan fingerprint density at radius 1 is 1.43 bits per heavy atom. The molecule has 14 heavy (non-hydrogen) atoms. The molecule has 1 aromatic carbocycles. The van der Waals surface area contributed by atoms with E-state index >= 15 is 0 Å². The molecule has 0 bridgehead atoms. The minimum Gasteiger partial charge on any atom is -0.480 e. The topological polar surface area (TPSA) is 54.4 Å². The van der Waals surface area contributed by atoms with E-state index in [9.17, 15) is 9.59 Å². The highest BCUT2D eigenvalue weighted by Crippen LogP contribution is 2.35. The molecule has 1 N–H and O–H groups in total. The van der Waals surface area contributed by atoms with Gasteiger partial charge in [0.2, 0.25) is 4.87 Å². The summed E-state index contributed by atoms with van der Waals surface area (Å²) < 4.78 is 0. The maximum atomic E-state index is 11.6. The summed E-state index contributed by atoms with van der Waals surface area (Å²) in [5.41, 5.74) is 1.12. The van der Waals surface area contributed by atoms with Gasteiger partial charge in [-0.05, 0) is 5.56 Å². The second kappa shape index (κ2) is 2.82. The second-order valence-corrected chi connectivity index (χ2v) is 3.91. The number of carbonyl (C=O) groups is 2. The minimum absolute atomic E-state index is 0.0683. The number of hydrogen-bond donors (Lipinski definition) is 1. The molecule has 0 saturated carbocycles. The molecule has 0 fully saturated rings. The fraction of sp³-hybridized carbons (Fsp3) is 0.200. The number of aliphatic carboxylic acids is 1. The molecule has 0 aliphatic heterocycles. The number of halogens is 1. The van der Waals surface area contributed by atoms with Crippen LogP contribution in [0.4, 0.5) is 0 Å². The zero-order valence-corrected chi connectivity index (χ0v) is 7.91. The Labute approximate surface area is 85.3 Å². The highest BCUT2D eigenvalue weighted by molar-refractivity contribution is 6.49. The van der Waals surface area contributed by atoms with Crippen molar-refractivity contribution in [3.05, 3.63) is 35.4 Å². The van der Waals surface area contributed by atoms with E-state index < -0.39 is 16.6 Å². The molecule has 0 saturated heterocycles. The molecule has 0 spiro atoms. The average molecular weight is 211 g/mol. The van der Waals surface area contributed by atoms with Gasteiger partial charge in [-0.15, -0.1) is 0 Å². The van der Waals surface area contributed by atoms with Gasteiger partial charge in [-0.1, -0.05) is 35.9 Å². The predicted molar refractivity (Wildman–Crippen MR) is 50.7 cm³/mol. The van der Waals surface area contributed by atoms with Crippen LogP contribution in [0.15, 0.2) is 24.3 Å². The van der Waals surface area contributed by atoms with Crippen molar-refractivity contribution >= 4 is 23.4 Å². The molecule has 3 nitrogen and oxygen atoms in total. The normalized spacial score (nSPS) is 24.8. The Hall–Kier alpha value is -1.35. The van der Waals surface area contributed by atoms with Crippen molar-refractivity contribution in [3.63, 3.8) is 0 Å². The molecule has 0 heterocycles. The van der Waals surface area contributed by atoms with Gasteiger partial charge in [0.05, 0.1) is 0 Å². The monoisotopic (exact) mass is 210 g/mol. The number of alkyl halides is 1. The lowest BCUT2D eigenvalue weighted by Gasteiger charge is -2.11. The number of rotatable bonds is 1. The van der Waals surface area contributed by atoms with Crippen molar-refractivity contribution in [2.24, 2.45) is 0 Å². The van der Waals surface area contributed by atoms with Gasteiger partial charge in [0.25, 0.3) is 0 Å². The summed E-state index contributed by atoms with van der Waals surface area (Å²) in [4.78, 5) is 20.7. The van der Waals surface area contributed by atoms with Crippen LogP contribution in [-0.2, 0) is 11.2 Å². The van der Waals surface area contributed by atoms with Crippen LogP contribution in [0.5, 0.6) is 0 Å². The van der Waals surface area contributed by atoms with Crippen LogP contribution in [-0.4, -0.2) is 21.7 Å². The van der Waals surface area contributed by atoms with Crippen LogP contribution >= 0.6 is 11.6 Å². The lowest BCUT2D eigenvalue weighted by atomic mass is 10.1. The van der Waals surface area contributed by atoms with Gasteiger partial charge >= 0.3 is 5.97 Å². The lowest BCUT2D eigenvalue weighted by molar-refractivity contribution is -0.138. The van der Waals surface area contributed by atoms with Gasteiger partial charge in [0, 0.05) is 12.0 Å². The number of carboxylic acid groups (broad SMARTS) is 1. The van der Waals surface area contributed by atoms with Crippen molar-refractivity contribution in [2.75, 3.05) is 0 Å². The number of benzene rings is 1. The summed E-state index contributed by atoms with van der Waals surface area (Å²) in [7, 11) is 0. The smallest absolute Gasteiger partial charge is 0.333 e. The van der Waals surface area contributed by atoms with Crippen LogP contribution in [0.2, 0.25) is 0 Å². The van der Waals surface area contributed by atoms with Gasteiger partial charge < -0.3 is 5.11 Å². The van der Waals surface area contributed by atoms with E-state index in [4.69, 9.17) is 16.7 Å². The average Bonchev–Trinajstić information content (AvgIpc) is 2.42. The maximum Gasteiger partial charge on any atom is 0.333 e. The molecule has 1 unspecified atom stereocenters. The van der Waals surface area contributed by atoms with Gasteiger partial charge in [0.15, 0.2) is 5.78 Å². The molecule has 0 aromatic heterocycles. The Morgan fingerprint density at radius 2 is 2.07 bits per heavy atom. The minimum atomic E-state index is -1.79. The first-order valence-corrected chi connectivity index (χ1v) is 4.48. The zero-order chi connectivity index (χ0) is 10.3. The largest absolute Gasteiger partial charge is 0.480 e. The molecule has 72 valence electrons. The summed E-state index contributed by atoms with van der Waals surface area (Å²) in [6, 6.07) is 6.78. The lowest BCUT2D eigenvalue weighted by Crippen LogP contribution is -2.38. The number of Topliss-reactive ketones (excluding diaryl/α,β-unsaturated/α-hetero) is 1. The highest BCUT2D eigenvalue weighted by Gasteiger charge is 2.50. The van der Waals surface area contributed by atoms with Gasteiger partial charge in [-0.2, -0.15) is 0 Å². The van der Waals surface area contributed by atoms with Gasteiger partial charge in [-0.3, -0.25) is 4.79 Å². The number of ketones is 1. The first kappa shape index (κ1) is 9.21. The number of carboxylic acids is 1. The fourth-order valence-electron chi connectivity index (χ4n) is 1.62. The van der Waals surface area contributed by atoms with Crippen molar-refractivity contribution in [1.82, 2.24) is 0 Å². The number of carbonyl (C=O) groups excluding carboxylic acids is 1. The zero-order valence-electron chi connectivity index (χ0n) is 7.16. The van der Waals surface area contributed by atoms with Gasteiger partial charge in [-0.25, -0.2) is 4.79 Å². The Morgan fingerprint density at radius 3 is 2.64 bits per heavy atom. The summed E-state index contributed by atoms with van der Waals surface area (Å²) in [5, 5.41) is 8.86. The molecule has 2 rings (SSSR count). The summed E-state index contributed by atoms with van der Waals surface area (Å²) in [5.74, 6) is -1.79. The quantitative estimate of drug-likeness (QED) is 0.564. The van der Waals surface area contributed by atoms with Crippen LogP contribution < -0.4 is 0 Å². The third-order valence-electron chi connectivity index (χ3n) is 2.39. The highest BCUT2D eigenvalue weighted by atomic mass is 35.5. The molecule has 1 aliphatic carbocycles. The van der Waals surface area contributed by atoms with Crippen LogP contribution in [0, 0.1) is 0 Å². The number of fused-ring (bicyclic) bond motifs is 1. The van der Waals surface area contributed by atoms with Crippen LogP contribution in [0.25, 0.3) is 0 Å². The standard InChI is InChI=1S/C10H7ClO3/c11-10(9(13)14)5-6-3-1-2-4-7(6)8(10)12/h1-4H,5H2,(H,13,14). The van der Waals surface area contributed by atoms with E-state index in [2.05, 4.69) is 0 Å². The predicted octanol–water partition coefficient (Wildman–Crippen LogP) is 1.49. The molecule has 1 atom stereocenters. The fourth-order valence-corrected chi connectivity index (χ4v) is 1.87. The Balaban J connectivity index is 2.54. The van der Waals surface area contributed by atoms with Crippen LogP contribution in [0.3, 0.4) is 0 Å². The van der Waals surface area contributed by atoms with Crippen molar-refractivity contribution in [1.29, 1.82) is 0 Å². The third-order valence-corrected chi connectivity index (χ3v) is 2.86. The van der Waals surface area contributed by atoms with Crippen molar-refractivity contribution in [2.45, 2.75) is 11.3 Å². The molecule has 0 radical (unpaired) electrons. The van der Waals surface area contributed by atoms with E-state index in [0.717, 1.165) is 0 Å². The number of hydrogen-bond acceptors (Lipinski definition) is 2. The first-order chi connectivity index (χ1) is 6.55. The van der Waals surface area contributed by atoms with E-state index in [-0.39, 0.29) is 6.42 Å².